The largest absolute Gasteiger partial charge is 0.323 e. The van der Waals surface area contributed by atoms with Gasteiger partial charge in [-0.1, -0.05) is 54.2 Å². The fourth-order valence-electron chi connectivity index (χ4n) is 2.45. The van der Waals surface area contributed by atoms with Gasteiger partial charge in [0.25, 0.3) is 0 Å². The average Bonchev–Trinajstić information content (AvgIpc) is 3.08. The number of para-hydroxylation sites is 2. The van der Waals surface area contributed by atoms with E-state index < -0.39 is 0 Å². The third-order valence-corrected chi connectivity index (χ3v) is 4.49. The Morgan fingerprint density at radius 3 is 2.75 bits per heavy atom. The van der Waals surface area contributed by atoms with E-state index in [9.17, 15) is 0 Å². The smallest absolute Gasteiger partial charge is 0.247 e. The SMILES string of the molecule is c1ccc(Nc2n[nH]c(SCc3cccc4cccnc34)n2)cc1. The van der Waals surface area contributed by atoms with Crippen molar-refractivity contribution >= 4 is 34.3 Å². The molecule has 2 aromatic carbocycles. The quantitative estimate of drug-likeness (QED) is 0.530. The van der Waals surface area contributed by atoms with Crippen molar-refractivity contribution in [3.8, 4) is 0 Å². The monoisotopic (exact) mass is 333 g/mol. The Hall–Kier alpha value is -2.86. The lowest BCUT2D eigenvalue weighted by Gasteiger charge is -2.03. The van der Waals surface area contributed by atoms with E-state index in [0.29, 0.717) is 5.95 Å². The number of rotatable bonds is 5. The molecule has 2 aromatic heterocycles. The van der Waals surface area contributed by atoms with Crippen LogP contribution in [-0.4, -0.2) is 20.2 Å². The van der Waals surface area contributed by atoms with Crippen LogP contribution in [0, 0.1) is 0 Å². The second-order valence-corrected chi connectivity index (χ2v) is 6.20. The normalized spacial score (nSPS) is 10.8. The highest BCUT2D eigenvalue weighted by molar-refractivity contribution is 7.98. The van der Waals surface area contributed by atoms with Gasteiger partial charge >= 0.3 is 0 Å². The fourth-order valence-corrected chi connectivity index (χ4v) is 3.23. The number of hydrogen-bond acceptors (Lipinski definition) is 5. The molecule has 0 aliphatic heterocycles. The summed E-state index contributed by atoms with van der Waals surface area (Å²) in [6.07, 6.45) is 1.83. The first kappa shape index (κ1) is 14.7. The number of anilines is 2. The van der Waals surface area contributed by atoms with Crippen LogP contribution < -0.4 is 5.32 Å². The van der Waals surface area contributed by atoms with Gasteiger partial charge < -0.3 is 5.32 Å². The molecule has 6 heteroatoms. The molecule has 4 rings (SSSR count). The molecule has 0 unspecified atom stereocenters. The number of fused-ring (bicyclic) bond motifs is 1. The predicted octanol–water partition coefficient (Wildman–Crippen LogP) is 4.39. The van der Waals surface area contributed by atoms with Gasteiger partial charge in [0, 0.05) is 23.0 Å². The van der Waals surface area contributed by atoms with E-state index in [1.54, 1.807) is 11.8 Å². The first-order valence-electron chi connectivity index (χ1n) is 7.58. The third-order valence-electron chi connectivity index (χ3n) is 3.58. The van der Waals surface area contributed by atoms with E-state index in [1.165, 1.54) is 5.56 Å². The molecule has 0 bridgehead atoms. The number of thioether (sulfide) groups is 1. The lowest BCUT2D eigenvalue weighted by Crippen LogP contribution is -1.91. The molecule has 0 radical (unpaired) electrons. The summed E-state index contributed by atoms with van der Waals surface area (Å²) in [6, 6.07) is 20.1. The number of nitrogens with zero attached hydrogens (tertiary/aromatic N) is 3. The summed E-state index contributed by atoms with van der Waals surface area (Å²) in [5.74, 6) is 1.36. The van der Waals surface area contributed by atoms with Gasteiger partial charge in [0.2, 0.25) is 5.95 Å². The van der Waals surface area contributed by atoms with Crippen LogP contribution in [0.1, 0.15) is 5.56 Å². The summed E-state index contributed by atoms with van der Waals surface area (Å²) in [7, 11) is 0. The molecule has 0 atom stereocenters. The van der Waals surface area contributed by atoms with Crippen molar-refractivity contribution in [2.45, 2.75) is 10.9 Å². The molecule has 2 N–H and O–H groups in total. The molecule has 24 heavy (non-hydrogen) atoms. The predicted molar refractivity (Wildman–Crippen MR) is 97.4 cm³/mol. The van der Waals surface area contributed by atoms with Gasteiger partial charge in [-0.05, 0) is 23.8 Å². The van der Waals surface area contributed by atoms with Gasteiger partial charge in [-0.2, -0.15) is 4.98 Å². The zero-order chi connectivity index (χ0) is 16.2. The molecule has 0 saturated heterocycles. The van der Waals surface area contributed by atoms with Crippen molar-refractivity contribution in [1.82, 2.24) is 20.2 Å². The molecule has 2 heterocycles. The summed E-state index contributed by atoms with van der Waals surface area (Å²) < 4.78 is 0. The van der Waals surface area contributed by atoms with Crippen molar-refractivity contribution in [3.63, 3.8) is 0 Å². The molecule has 0 aliphatic rings. The Morgan fingerprint density at radius 1 is 0.958 bits per heavy atom. The number of hydrogen-bond donors (Lipinski definition) is 2. The molecule has 118 valence electrons. The Kier molecular flexibility index (Phi) is 4.12. The van der Waals surface area contributed by atoms with Crippen molar-refractivity contribution < 1.29 is 0 Å². The van der Waals surface area contributed by atoms with Gasteiger partial charge in [-0.15, -0.1) is 5.10 Å². The van der Waals surface area contributed by atoms with Crippen LogP contribution in [0.3, 0.4) is 0 Å². The Balaban J connectivity index is 1.46. The molecule has 0 aliphatic carbocycles. The van der Waals surface area contributed by atoms with Crippen LogP contribution in [0.4, 0.5) is 11.6 Å². The first-order chi connectivity index (χ1) is 11.9. The topological polar surface area (TPSA) is 66.5 Å². The van der Waals surface area contributed by atoms with Gasteiger partial charge in [0.1, 0.15) is 0 Å². The van der Waals surface area contributed by atoms with Crippen molar-refractivity contribution in [2.75, 3.05) is 5.32 Å². The van der Waals surface area contributed by atoms with Crippen LogP contribution in [-0.2, 0) is 5.75 Å². The maximum absolute atomic E-state index is 4.48. The second kappa shape index (κ2) is 6.72. The number of nitrogens with one attached hydrogen (secondary N) is 2. The summed E-state index contributed by atoms with van der Waals surface area (Å²) in [6.45, 7) is 0. The zero-order valence-electron chi connectivity index (χ0n) is 12.8. The van der Waals surface area contributed by atoms with E-state index >= 15 is 0 Å². The summed E-state index contributed by atoms with van der Waals surface area (Å²) in [4.78, 5) is 8.95. The maximum Gasteiger partial charge on any atom is 0.247 e. The lowest BCUT2D eigenvalue weighted by molar-refractivity contribution is 0.973. The first-order valence-corrected chi connectivity index (χ1v) is 8.57. The molecular weight excluding hydrogens is 318 g/mol. The Labute approximate surface area is 143 Å². The zero-order valence-corrected chi connectivity index (χ0v) is 13.6. The second-order valence-electron chi connectivity index (χ2n) is 5.24. The van der Waals surface area contributed by atoms with E-state index in [-0.39, 0.29) is 0 Å². The Morgan fingerprint density at radius 2 is 1.83 bits per heavy atom. The van der Waals surface area contributed by atoms with Gasteiger partial charge in [-0.3, -0.25) is 10.1 Å². The summed E-state index contributed by atoms with van der Waals surface area (Å²) in [5, 5.41) is 12.3. The molecular formula is C18H15N5S. The number of benzene rings is 2. The summed E-state index contributed by atoms with van der Waals surface area (Å²) >= 11 is 1.61. The molecule has 0 fully saturated rings. The number of aromatic nitrogens is 4. The van der Waals surface area contributed by atoms with E-state index in [4.69, 9.17) is 0 Å². The van der Waals surface area contributed by atoms with Crippen LogP contribution in [0.2, 0.25) is 0 Å². The molecule has 4 aromatic rings. The Bertz CT molecular complexity index is 946. The molecule has 0 spiro atoms. The highest BCUT2D eigenvalue weighted by Gasteiger charge is 2.07. The molecule has 0 amide bonds. The van der Waals surface area contributed by atoms with Gasteiger partial charge in [-0.25, -0.2) is 0 Å². The van der Waals surface area contributed by atoms with Crippen LogP contribution in [0.25, 0.3) is 10.9 Å². The lowest BCUT2D eigenvalue weighted by atomic mass is 10.1. The average molecular weight is 333 g/mol. The number of aromatic amines is 1. The van der Waals surface area contributed by atoms with E-state index in [0.717, 1.165) is 27.5 Å². The minimum atomic E-state index is 0.569. The van der Waals surface area contributed by atoms with Crippen molar-refractivity contribution in [1.29, 1.82) is 0 Å². The van der Waals surface area contributed by atoms with Crippen LogP contribution >= 0.6 is 11.8 Å². The highest BCUT2D eigenvalue weighted by Crippen LogP contribution is 2.25. The molecule has 5 nitrogen and oxygen atoms in total. The minimum Gasteiger partial charge on any atom is -0.323 e. The minimum absolute atomic E-state index is 0.569. The van der Waals surface area contributed by atoms with Crippen molar-refractivity contribution in [3.05, 3.63) is 72.4 Å². The van der Waals surface area contributed by atoms with Gasteiger partial charge in [0.15, 0.2) is 5.16 Å². The standard InChI is InChI=1S/C18H15N5S/c1-2-9-15(10-3-1)20-17-21-18(23-22-17)24-12-14-7-4-6-13-8-5-11-19-16(13)14/h1-11H,12H2,(H2,20,21,22,23). The van der Waals surface area contributed by atoms with Crippen LogP contribution in [0.5, 0.6) is 0 Å². The molecule has 0 saturated carbocycles. The maximum atomic E-state index is 4.48. The van der Waals surface area contributed by atoms with Gasteiger partial charge in [0.05, 0.1) is 5.52 Å². The van der Waals surface area contributed by atoms with Crippen molar-refractivity contribution in [2.24, 2.45) is 0 Å². The van der Waals surface area contributed by atoms with E-state index in [2.05, 4.69) is 49.7 Å². The third kappa shape index (κ3) is 3.23. The number of pyridine rings is 1. The number of H-pyrrole nitrogens is 1. The van der Waals surface area contributed by atoms with E-state index in [1.807, 2.05) is 42.6 Å². The fraction of sp³-hybridized carbons (Fsp3) is 0.0556. The highest BCUT2D eigenvalue weighted by atomic mass is 32.2. The van der Waals surface area contributed by atoms with Crippen LogP contribution in [0.15, 0.2) is 72.0 Å². The summed E-state index contributed by atoms with van der Waals surface area (Å²) in [5.41, 5.74) is 3.19.